The van der Waals surface area contributed by atoms with Crippen molar-refractivity contribution in [2.24, 2.45) is 0 Å². The maximum atomic E-state index is 13.8. The molecule has 5 nitrogen and oxygen atoms in total. The number of H-pyrrole nitrogens is 1. The Morgan fingerprint density at radius 3 is 2.45 bits per heavy atom. The van der Waals surface area contributed by atoms with Gasteiger partial charge in [-0.25, -0.2) is 0 Å². The van der Waals surface area contributed by atoms with Gasteiger partial charge < -0.3 is 14.8 Å². The molecule has 2 atom stereocenters. The number of rotatable bonds is 3. The van der Waals surface area contributed by atoms with Crippen LogP contribution in [-0.4, -0.2) is 39.2 Å². The molecule has 0 bridgehead atoms. The lowest BCUT2D eigenvalue weighted by Gasteiger charge is -2.47. The molecule has 1 N–H and O–H groups in total. The van der Waals surface area contributed by atoms with E-state index in [0.717, 1.165) is 38.9 Å². The molecule has 1 saturated heterocycles. The Bertz CT molecular complexity index is 1370. The second kappa shape index (κ2) is 7.62. The number of benzene rings is 3. The number of carbonyl (C=O) groups excluding carboxylic acids is 2. The molecule has 4 aromatic rings. The summed E-state index contributed by atoms with van der Waals surface area (Å²) in [5, 5.41) is 1.13. The van der Waals surface area contributed by atoms with Gasteiger partial charge in [0.1, 0.15) is 12.6 Å². The predicted molar refractivity (Wildman–Crippen MR) is 128 cm³/mol. The van der Waals surface area contributed by atoms with E-state index in [0.29, 0.717) is 13.0 Å². The minimum Gasteiger partial charge on any atom is -0.356 e. The highest BCUT2D eigenvalue weighted by atomic mass is 16.2. The maximum absolute atomic E-state index is 13.8. The molecule has 33 heavy (non-hydrogen) atoms. The number of para-hydroxylation sites is 1. The lowest BCUT2D eigenvalue weighted by Crippen LogP contribution is -2.62. The van der Waals surface area contributed by atoms with Crippen LogP contribution in [0.2, 0.25) is 0 Å². The summed E-state index contributed by atoms with van der Waals surface area (Å²) in [6.07, 6.45) is 0.525. The maximum Gasteiger partial charge on any atom is 0.246 e. The molecule has 0 spiro atoms. The van der Waals surface area contributed by atoms with Crippen molar-refractivity contribution in [3.8, 4) is 0 Å². The van der Waals surface area contributed by atoms with Crippen molar-refractivity contribution in [1.29, 1.82) is 0 Å². The van der Waals surface area contributed by atoms with Gasteiger partial charge in [-0.05, 0) is 35.2 Å². The number of fused-ring (bicyclic) bond motifs is 4. The molecule has 2 amide bonds. The van der Waals surface area contributed by atoms with Crippen LogP contribution >= 0.6 is 0 Å². The number of aryl methyl sites for hydroxylation is 1. The van der Waals surface area contributed by atoms with Gasteiger partial charge in [0.25, 0.3) is 0 Å². The molecule has 1 aromatic heterocycles. The van der Waals surface area contributed by atoms with Gasteiger partial charge in [0.05, 0.1) is 6.04 Å². The molecule has 6 rings (SSSR count). The summed E-state index contributed by atoms with van der Waals surface area (Å²) in [6, 6.07) is 25.4. The summed E-state index contributed by atoms with van der Waals surface area (Å²) in [5.41, 5.74) is 6.42. The summed E-state index contributed by atoms with van der Waals surface area (Å²) < 4.78 is 0. The van der Waals surface area contributed by atoms with Crippen LogP contribution in [0.5, 0.6) is 0 Å². The van der Waals surface area contributed by atoms with Crippen molar-refractivity contribution in [2.75, 3.05) is 6.54 Å². The standard InChI is InChI=1S/C28H25N3O2/c1-18-9-5-6-12-20(18)27-26-22(21-13-7-8-14-23(21)29-26)15-24-28(33)30(17-25(32)31(24)27)16-19-10-3-2-4-11-19/h2-14,24,27,29H,15-17H2,1H3. The molecule has 0 saturated carbocycles. The molecule has 0 aliphatic carbocycles. The second-order valence-electron chi connectivity index (χ2n) is 9.02. The zero-order valence-electron chi connectivity index (χ0n) is 18.5. The summed E-state index contributed by atoms with van der Waals surface area (Å²) in [6.45, 7) is 2.62. The zero-order valence-corrected chi connectivity index (χ0v) is 18.5. The quantitative estimate of drug-likeness (QED) is 0.520. The van der Waals surface area contributed by atoms with Crippen LogP contribution in [0.15, 0.2) is 78.9 Å². The summed E-state index contributed by atoms with van der Waals surface area (Å²) in [7, 11) is 0. The molecule has 0 radical (unpaired) electrons. The number of hydrogen-bond donors (Lipinski definition) is 1. The molecule has 2 aliphatic heterocycles. The Balaban J connectivity index is 1.48. The van der Waals surface area contributed by atoms with Crippen molar-refractivity contribution in [3.63, 3.8) is 0 Å². The molecule has 5 heteroatoms. The van der Waals surface area contributed by atoms with Crippen molar-refractivity contribution in [3.05, 3.63) is 107 Å². The van der Waals surface area contributed by atoms with E-state index in [1.54, 1.807) is 4.90 Å². The smallest absolute Gasteiger partial charge is 0.246 e. The molecule has 3 aromatic carbocycles. The average molecular weight is 436 g/mol. The Labute approximate surface area is 192 Å². The molecule has 2 aliphatic rings. The van der Waals surface area contributed by atoms with Gasteiger partial charge in [-0.1, -0.05) is 72.8 Å². The monoisotopic (exact) mass is 435 g/mol. The summed E-state index contributed by atoms with van der Waals surface area (Å²) in [4.78, 5) is 34.5. The fourth-order valence-corrected chi connectivity index (χ4v) is 5.48. The van der Waals surface area contributed by atoms with Crippen LogP contribution < -0.4 is 0 Å². The van der Waals surface area contributed by atoms with E-state index < -0.39 is 6.04 Å². The second-order valence-corrected chi connectivity index (χ2v) is 9.02. The van der Waals surface area contributed by atoms with Crippen LogP contribution in [0.3, 0.4) is 0 Å². The fourth-order valence-electron chi connectivity index (χ4n) is 5.48. The van der Waals surface area contributed by atoms with Crippen molar-refractivity contribution < 1.29 is 9.59 Å². The lowest BCUT2D eigenvalue weighted by molar-refractivity contribution is -0.159. The minimum atomic E-state index is -0.508. The Hall–Kier alpha value is -3.86. The molecule has 1 fully saturated rings. The lowest BCUT2D eigenvalue weighted by atomic mass is 9.85. The number of nitrogens with zero attached hydrogens (tertiary/aromatic N) is 2. The Morgan fingerprint density at radius 1 is 0.909 bits per heavy atom. The van der Waals surface area contributed by atoms with E-state index in [1.807, 2.05) is 59.5 Å². The summed E-state index contributed by atoms with van der Waals surface area (Å²) in [5.74, 6) is 0.0149. The van der Waals surface area contributed by atoms with Crippen LogP contribution in [-0.2, 0) is 22.6 Å². The van der Waals surface area contributed by atoms with E-state index in [9.17, 15) is 9.59 Å². The van der Waals surface area contributed by atoms with Crippen LogP contribution in [0.4, 0.5) is 0 Å². The third-order valence-electron chi connectivity index (χ3n) is 7.04. The highest BCUT2D eigenvalue weighted by molar-refractivity contribution is 5.97. The normalized spacial score (nSPS) is 20.2. The largest absolute Gasteiger partial charge is 0.356 e. The van der Waals surface area contributed by atoms with Crippen molar-refractivity contribution >= 4 is 22.7 Å². The van der Waals surface area contributed by atoms with E-state index in [4.69, 9.17) is 0 Å². The zero-order chi connectivity index (χ0) is 22.5. The van der Waals surface area contributed by atoms with Crippen molar-refractivity contribution in [2.45, 2.75) is 32.0 Å². The topological polar surface area (TPSA) is 56.4 Å². The first kappa shape index (κ1) is 19.8. The van der Waals surface area contributed by atoms with Gasteiger partial charge in [0.15, 0.2) is 0 Å². The number of aromatic nitrogens is 1. The van der Waals surface area contributed by atoms with Gasteiger partial charge in [0.2, 0.25) is 11.8 Å². The van der Waals surface area contributed by atoms with E-state index in [2.05, 4.69) is 36.2 Å². The molecule has 3 heterocycles. The highest BCUT2D eigenvalue weighted by Gasteiger charge is 2.48. The van der Waals surface area contributed by atoms with Crippen LogP contribution in [0.1, 0.15) is 34.0 Å². The molecular weight excluding hydrogens is 410 g/mol. The SMILES string of the molecule is Cc1ccccc1C1c2[nH]c3ccccc3c2CC2C(=O)N(Cc3ccccc3)CC(=O)N21. The molecular formula is C28H25N3O2. The first-order chi connectivity index (χ1) is 16.1. The van der Waals surface area contributed by atoms with Gasteiger partial charge in [-0.15, -0.1) is 0 Å². The van der Waals surface area contributed by atoms with Crippen LogP contribution in [0.25, 0.3) is 10.9 Å². The number of amides is 2. The molecule has 164 valence electrons. The third kappa shape index (κ3) is 3.15. The van der Waals surface area contributed by atoms with Gasteiger partial charge in [0, 0.05) is 29.6 Å². The number of nitrogens with one attached hydrogen (secondary N) is 1. The van der Waals surface area contributed by atoms with Gasteiger partial charge in [-0.3, -0.25) is 9.59 Å². The first-order valence-electron chi connectivity index (χ1n) is 11.4. The van der Waals surface area contributed by atoms with Gasteiger partial charge >= 0.3 is 0 Å². The Morgan fingerprint density at radius 2 is 1.64 bits per heavy atom. The first-order valence-corrected chi connectivity index (χ1v) is 11.4. The summed E-state index contributed by atoms with van der Waals surface area (Å²) >= 11 is 0. The van der Waals surface area contributed by atoms with Crippen molar-refractivity contribution in [1.82, 2.24) is 14.8 Å². The van der Waals surface area contributed by atoms with E-state index in [1.165, 1.54) is 0 Å². The van der Waals surface area contributed by atoms with E-state index >= 15 is 0 Å². The highest BCUT2D eigenvalue weighted by Crippen LogP contribution is 2.43. The Kier molecular flexibility index (Phi) is 4.57. The number of piperazine rings is 1. The predicted octanol–water partition coefficient (Wildman–Crippen LogP) is 4.36. The number of hydrogen-bond acceptors (Lipinski definition) is 2. The average Bonchev–Trinajstić information content (AvgIpc) is 3.21. The molecule has 2 unspecified atom stereocenters. The number of carbonyl (C=O) groups is 2. The van der Waals surface area contributed by atoms with Gasteiger partial charge in [-0.2, -0.15) is 0 Å². The number of aromatic amines is 1. The van der Waals surface area contributed by atoms with E-state index in [-0.39, 0.29) is 24.4 Å². The minimum absolute atomic E-state index is 0.00640. The fraction of sp³-hybridized carbons (Fsp3) is 0.214. The van der Waals surface area contributed by atoms with Crippen LogP contribution in [0, 0.1) is 6.92 Å². The third-order valence-corrected chi connectivity index (χ3v) is 7.04.